The number of carbonyl (C=O) groups is 1. The second-order valence-corrected chi connectivity index (χ2v) is 5.89. The number of hydrazone groups is 1. The van der Waals surface area contributed by atoms with Crippen LogP contribution in [0.25, 0.3) is 11.3 Å². The number of nitrogens with one attached hydrogen (secondary N) is 2. The monoisotopic (exact) mass is 352 g/mol. The first-order valence-corrected chi connectivity index (χ1v) is 8.27. The summed E-state index contributed by atoms with van der Waals surface area (Å²) in [5.41, 5.74) is 6.92. The molecular formula is C19H17ClN4O. The van der Waals surface area contributed by atoms with Crippen LogP contribution in [0, 0.1) is 0 Å². The molecule has 25 heavy (non-hydrogen) atoms. The highest BCUT2D eigenvalue weighted by molar-refractivity contribution is 6.30. The molecule has 0 aliphatic carbocycles. The van der Waals surface area contributed by atoms with Gasteiger partial charge in [0.2, 0.25) is 0 Å². The lowest BCUT2D eigenvalue weighted by Crippen LogP contribution is -2.17. The zero-order valence-corrected chi connectivity index (χ0v) is 14.4. The average molecular weight is 353 g/mol. The summed E-state index contributed by atoms with van der Waals surface area (Å²) in [5, 5.41) is 11.6. The van der Waals surface area contributed by atoms with Crippen LogP contribution in [0.5, 0.6) is 0 Å². The number of hydrogen-bond donors (Lipinski definition) is 2. The van der Waals surface area contributed by atoms with E-state index < -0.39 is 0 Å². The third kappa shape index (κ3) is 4.14. The minimum Gasteiger partial charge on any atom is -0.277 e. The summed E-state index contributed by atoms with van der Waals surface area (Å²) in [6.07, 6.45) is 4.23. The summed E-state index contributed by atoms with van der Waals surface area (Å²) in [4.78, 5) is 12.0. The van der Waals surface area contributed by atoms with Gasteiger partial charge in [0.1, 0.15) is 0 Å². The molecule has 2 N–H and O–H groups in total. The standard InChI is InChI=1S/C19H17ClN4O/c1-2-13-3-5-14(6-4-13)18-16(11-21-23-18)12-22-24-19(25)15-7-9-17(20)10-8-15/h3-12H,2H2,1H3,(H,21,23)(H,24,25)/b22-12+. The maximum Gasteiger partial charge on any atom is 0.271 e. The Bertz CT molecular complexity index is 883. The lowest BCUT2D eigenvalue weighted by molar-refractivity contribution is 0.0955. The number of aromatic nitrogens is 2. The van der Waals surface area contributed by atoms with Gasteiger partial charge in [-0.3, -0.25) is 9.89 Å². The molecule has 0 saturated carbocycles. The van der Waals surface area contributed by atoms with E-state index >= 15 is 0 Å². The molecule has 0 saturated heterocycles. The number of aromatic amines is 1. The molecule has 3 rings (SSSR count). The molecule has 1 aromatic heterocycles. The van der Waals surface area contributed by atoms with E-state index in [1.54, 1.807) is 36.7 Å². The van der Waals surface area contributed by atoms with Crippen molar-refractivity contribution in [3.8, 4) is 11.3 Å². The van der Waals surface area contributed by atoms with Crippen molar-refractivity contribution in [2.45, 2.75) is 13.3 Å². The number of rotatable bonds is 5. The molecule has 126 valence electrons. The minimum atomic E-state index is -0.301. The van der Waals surface area contributed by atoms with E-state index in [-0.39, 0.29) is 5.91 Å². The molecule has 0 bridgehead atoms. The third-order valence-electron chi connectivity index (χ3n) is 3.80. The van der Waals surface area contributed by atoms with Gasteiger partial charge in [0.15, 0.2) is 0 Å². The summed E-state index contributed by atoms with van der Waals surface area (Å²) < 4.78 is 0. The van der Waals surface area contributed by atoms with E-state index in [4.69, 9.17) is 11.6 Å². The number of nitrogens with zero attached hydrogens (tertiary/aromatic N) is 2. The molecule has 2 aromatic carbocycles. The van der Waals surface area contributed by atoms with E-state index in [9.17, 15) is 4.79 Å². The number of halogens is 1. The van der Waals surface area contributed by atoms with Crippen molar-refractivity contribution in [1.29, 1.82) is 0 Å². The summed E-state index contributed by atoms with van der Waals surface area (Å²) >= 11 is 5.81. The highest BCUT2D eigenvalue weighted by Crippen LogP contribution is 2.20. The number of amides is 1. The van der Waals surface area contributed by atoms with Gasteiger partial charge in [0.25, 0.3) is 5.91 Å². The number of aryl methyl sites for hydroxylation is 1. The SMILES string of the molecule is CCc1ccc(-c2[nH]ncc2/C=N/NC(=O)c2ccc(Cl)cc2)cc1. The zero-order chi connectivity index (χ0) is 17.6. The highest BCUT2D eigenvalue weighted by atomic mass is 35.5. The predicted octanol–water partition coefficient (Wildman–Crippen LogP) is 4.06. The first-order valence-electron chi connectivity index (χ1n) is 7.89. The fourth-order valence-electron chi connectivity index (χ4n) is 2.36. The Morgan fingerprint density at radius 3 is 2.60 bits per heavy atom. The van der Waals surface area contributed by atoms with Gasteiger partial charge >= 0.3 is 0 Å². The Hall–Kier alpha value is -2.92. The van der Waals surface area contributed by atoms with Gasteiger partial charge in [0.05, 0.1) is 18.1 Å². The molecule has 0 aliphatic heterocycles. The van der Waals surface area contributed by atoms with Crippen molar-refractivity contribution in [3.63, 3.8) is 0 Å². The Morgan fingerprint density at radius 1 is 1.20 bits per heavy atom. The summed E-state index contributed by atoms with van der Waals surface area (Å²) in [6.45, 7) is 2.12. The van der Waals surface area contributed by atoms with Gasteiger partial charge in [-0.15, -0.1) is 0 Å². The lowest BCUT2D eigenvalue weighted by Gasteiger charge is -2.02. The van der Waals surface area contributed by atoms with Crippen LogP contribution in [0.15, 0.2) is 59.8 Å². The zero-order valence-electron chi connectivity index (χ0n) is 13.7. The smallest absolute Gasteiger partial charge is 0.271 e. The summed E-state index contributed by atoms with van der Waals surface area (Å²) in [6, 6.07) is 14.9. The molecule has 0 aliphatic rings. The maximum absolute atomic E-state index is 12.0. The second kappa shape index (κ2) is 7.77. The minimum absolute atomic E-state index is 0.301. The van der Waals surface area contributed by atoms with E-state index in [0.717, 1.165) is 23.2 Å². The van der Waals surface area contributed by atoms with Crippen LogP contribution >= 0.6 is 11.6 Å². The van der Waals surface area contributed by atoms with Crippen molar-refractivity contribution in [2.24, 2.45) is 5.10 Å². The highest BCUT2D eigenvalue weighted by Gasteiger charge is 2.07. The van der Waals surface area contributed by atoms with Crippen LogP contribution < -0.4 is 5.43 Å². The topological polar surface area (TPSA) is 70.1 Å². The van der Waals surface area contributed by atoms with Crippen LogP contribution in [-0.4, -0.2) is 22.3 Å². The third-order valence-corrected chi connectivity index (χ3v) is 4.05. The molecule has 0 radical (unpaired) electrons. The lowest BCUT2D eigenvalue weighted by atomic mass is 10.1. The Morgan fingerprint density at radius 2 is 1.92 bits per heavy atom. The van der Waals surface area contributed by atoms with Crippen LogP contribution in [0.1, 0.15) is 28.4 Å². The molecular weight excluding hydrogens is 336 g/mol. The Labute approximate surface area is 150 Å². The fourth-order valence-corrected chi connectivity index (χ4v) is 2.48. The van der Waals surface area contributed by atoms with E-state index in [1.165, 1.54) is 5.56 Å². The maximum atomic E-state index is 12.0. The van der Waals surface area contributed by atoms with E-state index in [1.807, 2.05) is 12.1 Å². The van der Waals surface area contributed by atoms with Gasteiger partial charge in [-0.25, -0.2) is 5.43 Å². The summed E-state index contributed by atoms with van der Waals surface area (Å²) in [7, 11) is 0. The normalized spacial score (nSPS) is 11.0. The number of H-pyrrole nitrogens is 1. The average Bonchev–Trinajstić information content (AvgIpc) is 3.11. The van der Waals surface area contributed by atoms with Crippen LogP contribution in [0.4, 0.5) is 0 Å². The fraction of sp³-hybridized carbons (Fsp3) is 0.105. The predicted molar refractivity (Wildman–Crippen MR) is 99.9 cm³/mol. The van der Waals surface area contributed by atoms with Gasteiger partial charge in [0, 0.05) is 21.7 Å². The van der Waals surface area contributed by atoms with Crippen molar-refractivity contribution >= 4 is 23.7 Å². The van der Waals surface area contributed by atoms with E-state index in [2.05, 4.69) is 39.8 Å². The molecule has 5 nitrogen and oxygen atoms in total. The van der Waals surface area contributed by atoms with Gasteiger partial charge in [-0.2, -0.15) is 10.2 Å². The molecule has 0 atom stereocenters. The Balaban J connectivity index is 1.71. The largest absolute Gasteiger partial charge is 0.277 e. The van der Waals surface area contributed by atoms with Crippen molar-refractivity contribution < 1.29 is 4.79 Å². The van der Waals surface area contributed by atoms with E-state index in [0.29, 0.717) is 10.6 Å². The molecule has 3 aromatic rings. The molecule has 6 heteroatoms. The molecule has 0 fully saturated rings. The van der Waals surface area contributed by atoms with Gasteiger partial charge in [-0.05, 0) is 36.2 Å². The molecule has 1 heterocycles. The Kier molecular flexibility index (Phi) is 5.26. The van der Waals surface area contributed by atoms with Crippen molar-refractivity contribution in [2.75, 3.05) is 0 Å². The van der Waals surface area contributed by atoms with Crippen LogP contribution in [0.3, 0.4) is 0 Å². The van der Waals surface area contributed by atoms with Crippen LogP contribution in [-0.2, 0) is 6.42 Å². The molecule has 0 unspecified atom stereocenters. The molecule has 0 spiro atoms. The second-order valence-electron chi connectivity index (χ2n) is 5.46. The first-order chi connectivity index (χ1) is 12.2. The number of benzene rings is 2. The molecule has 1 amide bonds. The van der Waals surface area contributed by atoms with Crippen molar-refractivity contribution in [3.05, 3.63) is 76.4 Å². The quantitative estimate of drug-likeness (QED) is 0.537. The summed E-state index contributed by atoms with van der Waals surface area (Å²) in [5.74, 6) is -0.301. The van der Waals surface area contributed by atoms with Crippen LogP contribution in [0.2, 0.25) is 5.02 Å². The van der Waals surface area contributed by atoms with Crippen molar-refractivity contribution in [1.82, 2.24) is 15.6 Å². The van der Waals surface area contributed by atoms with Gasteiger partial charge in [-0.1, -0.05) is 42.8 Å². The first kappa shape index (κ1) is 16.9. The van der Waals surface area contributed by atoms with Gasteiger partial charge < -0.3 is 0 Å². The number of hydrogen-bond acceptors (Lipinski definition) is 3. The number of carbonyl (C=O) groups excluding carboxylic acids is 1.